The molecule has 0 saturated carbocycles. The van der Waals surface area contributed by atoms with Gasteiger partial charge in [-0.05, 0) is 56.1 Å². The largest absolute Gasteiger partial charge is 0.481 e. The van der Waals surface area contributed by atoms with Gasteiger partial charge in [0, 0.05) is 30.1 Å². The summed E-state index contributed by atoms with van der Waals surface area (Å²) >= 11 is 6.10. The predicted molar refractivity (Wildman–Crippen MR) is 113 cm³/mol. The van der Waals surface area contributed by atoms with Crippen molar-refractivity contribution in [3.8, 4) is 5.88 Å². The van der Waals surface area contributed by atoms with E-state index in [1.165, 1.54) is 0 Å². The van der Waals surface area contributed by atoms with E-state index in [0.717, 1.165) is 41.8 Å². The van der Waals surface area contributed by atoms with Crippen molar-refractivity contribution in [3.63, 3.8) is 0 Å². The van der Waals surface area contributed by atoms with Gasteiger partial charge in [0.25, 0.3) is 0 Å². The highest BCUT2D eigenvalue weighted by Crippen LogP contribution is 2.34. The number of halogens is 1. The van der Waals surface area contributed by atoms with Crippen molar-refractivity contribution in [1.82, 2.24) is 19.9 Å². The van der Waals surface area contributed by atoms with Gasteiger partial charge < -0.3 is 9.72 Å². The van der Waals surface area contributed by atoms with Gasteiger partial charge in [0.15, 0.2) is 0 Å². The molecule has 0 aliphatic carbocycles. The van der Waals surface area contributed by atoms with Crippen LogP contribution in [0.25, 0.3) is 11.0 Å². The van der Waals surface area contributed by atoms with Crippen molar-refractivity contribution in [1.29, 1.82) is 0 Å². The highest BCUT2D eigenvalue weighted by Gasteiger charge is 2.30. The molecule has 7 heteroatoms. The Morgan fingerprint density at radius 2 is 2.21 bits per heavy atom. The smallest absolute Gasteiger partial charge is 0.212 e. The quantitative estimate of drug-likeness (QED) is 0.656. The highest BCUT2D eigenvalue weighted by atomic mass is 35.5. The summed E-state index contributed by atoms with van der Waals surface area (Å²) < 4.78 is 5.07. The Balaban J connectivity index is 1.41. The number of aromatic nitrogens is 3. The van der Waals surface area contributed by atoms with E-state index < -0.39 is 0 Å². The molecule has 2 atom stereocenters. The van der Waals surface area contributed by atoms with Crippen LogP contribution in [0.2, 0.25) is 5.02 Å². The number of benzene rings is 1. The Hall–Kier alpha value is -2.44. The lowest BCUT2D eigenvalue weighted by Gasteiger charge is -2.35. The Kier molecular flexibility index (Phi) is 5.83. The Morgan fingerprint density at radius 1 is 1.34 bits per heavy atom. The van der Waals surface area contributed by atoms with E-state index in [9.17, 15) is 4.79 Å². The number of nitrogens with zero attached hydrogens (tertiary/aromatic N) is 3. The van der Waals surface area contributed by atoms with Crippen LogP contribution in [-0.2, 0) is 11.2 Å². The zero-order valence-electron chi connectivity index (χ0n) is 16.7. The molecular weight excluding hydrogens is 388 g/mol. The lowest BCUT2D eigenvalue weighted by molar-refractivity contribution is -0.119. The first-order valence-electron chi connectivity index (χ1n) is 9.88. The van der Waals surface area contributed by atoms with Crippen LogP contribution in [0.15, 0.2) is 36.5 Å². The van der Waals surface area contributed by atoms with Crippen molar-refractivity contribution in [2.75, 3.05) is 20.7 Å². The molecule has 3 heterocycles. The SMILES string of the molecule is COc1ccc(CC(=O)C[C@@H]2CCN(C)[C@@H](c3nc4ccc(Cl)cc4[nH]3)C2)cn1. The minimum atomic E-state index is 0.176. The van der Waals surface area contributed by atoms with Crippen molar-refractivity contribution >= 4 is 28.4 Å². The second kappa shape index (κ2) is 8.51. The topological polar surface area (TPSA) is 71.1 Å². The molecule has 4 rings (SSSR count). The van der Waals surface area contributed by atoms with Crippen LogP contribution in [-0.4, -0.2) is 46.3 Å². The molecule has 1 aliphatic heterocycles. The van der Waals surface area contributed by atoms with Crippen molar-refractivity contribution in [2.45, 2.75) is 31.7 Å². The zero-order chi connectivity index (χ0) is 20.4. The number of imidazole rings is 1. The molecule has 1 aliphatic rings. The van der Waals surface area contributed by atoms with Gasteiger partial charge in [-0.1, -0.05) is 17.7 Å². The van der Waals surface area contributed by atoms with E-state index in [1.807, 2.05) is 24.3 Å². The van der Waals surface area contributed by atoms with Crippen LogP contribution >= 0.6 is 11.6 Å². The molecule has 29 heavy (non-hydrogen) atoms. The molecule has 1 aromatic carbocycles. The summed E-state index contributed by atoms with van der Waals surface area (Å²) in [6.07, 6.45) is 4.65. The number of carbonyl (C=O) groups is 1. The zero-order valence-corrected chi connectivity index (χ0v) is 17.4. The molecular formula is C22H25ClN4O2. The molecule has 1 fully saturated rings. The van der Waals surface area contributed by atoms with Crippen molar-refractivity contribution < 1.29 is 9.53 Å². The number of ether oxygens (including phenoxy) is 1. The van der Waals surface area contributed by atoms with E-state index in [-0.39, 0.29) is 11.8 Å². The number of methoxy groups -OCH3 is 1. The second-order valence-electron chi connectivity index (χ2n) is 7.80. The number of fused-ring (bicyclic) bond motifs is 1. The van der Waals surface area contributed by atoms with Crippen LogP contribution in [0.1, 0.15) is 36.7 Å². The molecule has 1 N–H and O–H groups in total. The van der Waals surface area contributed by atoms with Gasteiger partial charge in [0.2, 0.25) is 5.88 Å². The van der Waals surface area contributed by atoms with Gasteiger partial charge in [-0.2, -0.15) is 0 Å². The standard InChI is InChI=1S/C22H25ClN4O2/c1-27-8-7-14(9-17(28)10-15-3-6-21(29-2)24-13-15)11-20(27)22-25-18-5-4-16(23)12-19(18)26-22/h3-6,12-14,20H,7-11H2,1-2H3,(H,25,26)/t14-,20+/m0/s1. The third-order valence-electron chi connectivity index (χ3n) is 5.68. The first-order valence-corrected chi connectivity index (χ1v) is 10.3. The summed E-state index contributed by atoms with van der Waals surface area (Å²) in [5.74, 6) is 2.11. The lowest BCUT2D eigenvalue weighted by atomic mass is 9.86. The van der Waals surface area contributed by atoms with Gasteiger partial charge in [0.1, 0.15) is 11.6 Å². The average Bonchev–Trinajstić information content (AvgIpc) is 3.13. The van der Waals surface area contributed by atoms with E-state index in [1.54, 1.807) is 19.4 Å². The average molecular weight is 413 g/mol. The number of pyridine rings is 1. The summed E-state index contributed by atoms with van der Waals surface area (Å²) in [4.78, 5) is 27.3. The first kappa shape index (κ1) is 19.9. The van der Waals surface area contributed by atoms with Crippen LogP contribution in [0.5, 0.6) is 5.88 Å². The summed E-state index contributed by atoms with van der Waals surface area (Å²) in [6.45, 7) is 0.949. The maximum atomic E-state index is 12.6. The maximum absolute atomic E-state index is 12.6. The maximum Gasteiger partial charge on any atom is 0.212 e. The normalized spacial score (nSPS) is 20.1. The van der Waals surface area contributed by atoms with Gasteiger partial charge in [-0.15, -0.1) is 0 Å². The first-order chi connectivity index (χ1) is 14.0. The Morgan fingerprint density at radius 3 is 2.97 bits per heavy atom. The number of hydrogen-bond donors (Lipinski definition) is 1. The van der Waals surface area contributed by atoms with E-state index in [4.69, 9.17) is 21.3 Å². The number of carbonyl (C=O) groups excluding carboxylic acids is 1. The summed E-state index contributed by atoms with van der Waals surface area (Å²) in [6, 6.07) is 9.57. The number of rotatable bonds is 6. The number of H-pyrrole nitrogens is 1. The van der Waals surface area contributed by atoms with Gasteiger partial charge in [-0.3, -0.25) is 9.69 Å². The second-order valence-corrected chi connectivity index (χ2v) is 8.24. The molecule has 0 radical (unpaired) electrons. The van der Waals surface area contributed by atoms with Crippen molar-refractivity contribution in [2.24, 2.45) is 5.92 Å². The predicted octanol–water partition coefficient (Wildman–Crippen LogP) is 4.20. The minimum Gasteiger partial charge on any atom is -0.481 e. The van der Waals surface area contributed by atoms with Gasteiger partial charge in [-0.25, -0.2) is 9.97 Å². The third-order valence-corrected chi connectivity index (χ3v) is 5.92. The Bertz CT molecular complexity index is 1000. The number of nitrogens with one attached hydrogen (secondary N) is 1. The van der Waals surface area contributed by atoms with Crippen molar-refractivity contribution in [3.05, 3.63) is 52.9 Å². The number of Topliss-reactive ketones (excluding diaryl/α,β-unsaturated/α-hetero) is 1. The lowest BCUT2D eigenvalue weighted by Crippen LogP contribution is -2.35. The number of hydrogen-bond acceptors (Lipinski definition) is 5. The summed E-state index contributed by atoms with van der Waals surface area (Å²) in [5, 5.41) is 0.696. The molecule has 2 aromatic heterocycles. The molecule has 0 spiro atoms. The molecule has 3 aromatic rings. The van der Waals surface area contributed by atoms with Crippen LogP contribution in [0.3, 0.4) is 0 Å². The monoisotopic (exact) mass is 412 g/mol. The number of aromatic amines is 1. The number of ketones is 1. The van der Waals surface area contributed by atoms with E-state index >= 15 is 0 Å². The number of piperidine rings is 1. The summed E-state index contributed by atoms with van der Waals surface area (Å²) in [7, 11) is 3.70. The van der Waals surface area contributed by atoms with Crippen LogP contribution in [0, 0.1) is 5.92 Å². The fourth-order valence-electron chi connectivity index (χ4n) is 4.08. The molecule has 0 bridgehead atoms. The number of likely N-dealkylation sites (tertiary alicyclic amines) is 1. The fraction of sp³-hybridized carbons (Fsp3) is 0.409. The van der Waals surface area contributed by atoms with Gasteiger partial charge in [0.05, 0.1) is 24.2 Å². The molecule has 6 nitrogen and oxygen atoms in total. The molecule has 0 amide bonds. The fourth-order valence-corrected chi connectivity index (χ4v) is 4.25. The van der Waals surface area contributed by atoms with E-state index in [2.05, 4.69) is 21.9 Å². The third kappa shape index (κ3) is 4.60. The Labute approximate surface area is 175 Å². The minimum absolute atomic E-state index is 0.176. The van der Waals surface area contributed by atoms with Crippen LogP contribution in [0.4, 0.5) is 0 Å². The molecule has 0 unspecified atom stereocenters. The van der Waals surface area contributed by atoms with Crippen LogP contribution < -0.4 is 4.74 Å². The van der Waals surface area contributed by atoms with E-state index in [0.29, 0.717) is 29.7 Å². The molecule has 152 valence electrons. The molecule has 1 saturated heterocycles. The van der Waals surface area contributed by atoms with Gasteiger partial charge >= 0.3 is 0 Å². The highest BCUT2D eigenvalue weighted by molar-refractivity contribution is 6.31. The summed E-state index contributed by atoms with van der Waals surface area (Å²) in [5.41, 5.74) is 2.79.